The maximum absolute atomic E-state index is 3.68. The van der Waals surface area contributed by atoms with Crippen LogP contribution in [0.25, 0.3) is 55.2 Å². The zero-order valence-electron chi connectivity index (χ0n) is 27.8. The molecule has 1 spiro atoms. The molecule has 1 aromatic heterocycles. The van der Waals surface area contributed by atoms with Crippen molar-refractivity contribution in [3.63, 3.8) is 0 Å². The predicted octanol–water partition coefficient (Wildman–Crippen LogP) is 12.8. The molecule has 11 rings (SSSR count). The van der Waals surface area contributed by atoms with Gasteiger partial charge in [-0.2, -0.15) is 0 Å². The van der Waals surface area contributed by atoms with Crippen molar-refractivity contribution in [1.29, 1.82) is 0 Å². The molecule has 1 heterocycles. The molecule has 0 radical (unpaired) electrons. The van der Waals surface area contributed by atoms with E-state index in [-0.39, 0.29) is 0 Å². The van der Waals surface area contributed by atoms with E-state index in [4.69, 9.17) is 0 Å². The highest BCUT2D eigenvalue weighted by molar-refractivity contribution is 6.10. The first kappa shape index (κ1) is 28.2. The molecule has 51 heavy (non-hydrogen) atoms. The van der Waals surface area contributed by atoms with Gasteiger partial charge in [-0.3, -0.25) is 0 Å². The molecular formula is C49H32N2. The maximum Gasteiger partial charge on any atom is 0.0726 e. The molecule has 0 aliphatic heterocycles. The summed E-state index contributed by atoms with van der Waals surface area (Å²) in [5.41, 5.74) is 18.4. The molecule has 0 atom stereocenters. The summed E-state index contributed by atoms with van der Waals surface area (Å²) < 4.78 is 0. The van der Waals surface area contributed by atoms with Crippen LogP contribution < -0.4 is 4.90 Å². The first-order valence-corrected chi connectivity index (χ1v) is 17.7. The van der Waals surface area contributed by atoms with Crippen molar-refractivity contribution in [3.05, 3.63) is 210 Å². The summed E-state index contributed by atoms with van der Waals surface area (Å²) in [6.45, 7) is 0. The van der Waals surface area contributed by atoms with Gasteiger partial charge in [-0.1, -0.05) is 133 Å². The molecule has 0 unspecified atom stereocenters. The van der Waals surface area contributed by atoms with Crippen LogP contribution in [0.2, 0.25) is 0 Å². The first-order chi connectivity index (χ1) is 25.3. The van der Waals surface area contributed by atoms with Crippen molar-refractivity contribution in [1.82, 2.24) is 4.98 Å². The average Bonchev–Trinajstić information content (AvgIpc) is 3.82. The van der Waals surface area contributed by atoms with Gasteiger partial charge in [0.05, 0.1) is 5.41 Å². The Morgan fingerprint density at radius 3 is 1.47 bits per heavy atom. The highest BCUT2D eigenvalue weighted by atomic mass is 15.1. The number of rotatable bonds is 4. The van der Waals surface area contributed by atoms with E-state index in [0.717, 1.165) is 28.1 Å². The predicted molar refractivity (Wildman–Crippen MR) is 212 cm³/mol. The van der Waals surface area contributed by atoms with Gasteiger partial charge in [0.2, 0.25) is 0 Å². The van der Waals surface area contributed by atoms with Crippen LogP contribution >= 0.6 is 0 Å². The SMILES string of the molecule is c1ccc(-c2ccc3[nH]c4ccc(N(c5ccccc5)c5ccc6c(c5)C5(c7ccccc7-c7ccccc75)c5ccccc5-6)cc4c3c2)cc1. The van der Waals surface area contributed by atoms with Crippen molar-refractivity contribution >= 4 is 38.9 Å². The number of para-hydroxylation sites is 1. The van der Waals surface area contributed by atoms with E-state index in [0.29, 0.717) is 0 Å². The second kappa shape index (κ2) is 10.7. The number of fused-ring (bicyclic) bond motifs is 13. The van der Waals surface area contributed by atoms with Crippen LogP contribution in [0.5, 0.6) is 0 Å². The number of H-pyrrole nitrogens is 1. The summed E-state index contributed by atoms with van der Waals surface area (Å²) in [5, 5.41) is 2.44. The minimum absolute atomic E-state index is 0.397. The lowest BCUT2D eigenvalue weighted by Crippen LogP contribution is -2.26. The number of aromatic amines is 1. The molecule has 2 nitrogen and oxygen atoms in total. The van der Waals surface area contributed by atoms with Gasteiger partial charge in [0.1, 0.15) is 0 Å². The summed E-state index contributed by atoms with van der Waals surface area (Å²) in [5.74, 6) is 0. The van der Waals surface area contributed by atoms with Gasteiger partial charge in [0.15, 0.2) is 0 Å². The smallest absolute Gasteiger partial charge is 0.0726 e. The molecule has 0 fully saturated rings. The third-order valence-electron chi connectivity index (χ3n) is 11.2. The lowest BCUT2D eigenvalue weighted by molar-refractivity contribution is 0.793. The Morgan fingerprint density at radius 1 is 0.333 bits per heavy atom. The van der Waals surface area contributed by atoms with Gasteiger partial charge < -0.3 is 9.88 Å². The number of anilines is 3. The van der Waals surface area contributed by atoms with Gasteiger partial charge in [-0.15, -0.1) is 0 Å². The molecule has 238 valence electrons. The lowest BCUT2D eigenvalue weighted by Gasteiger charge is -2.32. The van der Waals surface area contributed by atoms with E-state index < -0.39 is 5.41 Å². The molecule has 1 N–H and O–H groups in total. The number of aromatic nitrogens is 1. The van der Waals surface area contributed by atoms with E-state index in [2.05, 4.69) is 198 Å². The second-order valence-corrected chi connectivity index (χ2v) is 13.8. The van der Waals surface area contributed by atoms with Crippen LogP contribution in [0.3, 0.4) is 0 Å². The quantitative estimate of drug-likeness (QED) is 0.201. The molecule has 2 aliphatic carbocycles. The van der Waals surface area contributed by atoms with Crippen LogP contribution in [0.1, 0.15) is 22.3 Å². The van der Waals surface area contributed by atoms with Gasteiger partial charge >= 0.3 is 0 Å². The Kier molecular flexibility index (Phi) is 5.91. The standard InChI is InChI=1S/C49H32N2/c1-3-13-32(14-4-1)33-23-27-47-41(29-33)42-30-35(25-28-48(42)50-47)51(34-15-5-2-6-16-34)36-24-26-40-39-19-9-12-22-45(39)49(46(40)31-36)43-20-10-7-17-37(43)38-18-8-11-21-44(38)49/h1-31,50H. The van der Waals surface area contributed by atoms with Crippen LogP contribution in [0.4, 0.5) is 17.1 Å². The second-order valence-electron chi connectivity index (χ2n) is 13.8. The van der Waals surface area contributed by atoms with E-state index in [1.165, 1.54) is 66.4 Å². The van der Waals surface area contributed by atoms with Crippen molar-refractivity contribution < 1.29 is 0 Å². The lowest BCUT2D eigenvalue weighted by atomic mass is 9.70. The van der Waals surface area contributed by atoms with Gasteiger partial charge in [-0.25, -0.2) is 0 Å². The fourth-order valence-electron chi connectivity index (χ4n) is 9.08. The fourth-order valence-corrected chi connectivity index (χ4v) is 9.08. The molecular weight excluding hydrogens is 617 g/mol. The summed E-state index contributed by atoms with van der Waals surface area (Å²) in [4.78, 5) is 6.10. The number of hydrogen-bond donors (Lipinski definition) is 1. The molecule has 0 saturated heterocycles. The van der Waals surface area contributed by atoms with Gasteiger partial charge in [-0.05, 0) is 110 Å². The largest absolute Gasteiger partial charge is 0.355 e. The monoisotopic (exact) mass is 648 g/mol. The van der Waals surface area contributed by atoms with Crippen molar-refractivity contribution in [2.75, 3.05) is 4.90 Å². The van der Waals surface area contributed by atoms with Gasteiger partial charge in [0.25, 0.3) is 0 Å². The van der Waals surface area contributed by atoms with Crippen LogP contribution in [0, 0.1) is 0 Å². The zero-order chi connectivity index (χ0) is 33.5. The molecule has 0 saturated carbocycles. The summed E-state index contributed by atoms with van der Waals surface area (Å²) in [6.07, 6.45) is 0. The van der Waals surface area contributed by atoms with E-state index >= 15 is 0 Å². The molecule has 8 aromatic carbocycles. The van der Waals surface area contributed by atoms with Crippen LogP contribution in [-0.2, 0) is 5.41 Å². The minimum Gasteiger partial charge on any atom is -0.355 e. The fraction of sp³-hybridized carbons (Fsp3) is 0.0204. The highest BCUT2D eigenvalue weighted by Crippen LogP contribution is 2.63. The molecule has 2 aliphatic rings. The number of benzene rings is 8. The Morgan fingerprint density at radius 2 is 0.824 bits per heavy atom. The Labute approximate surface area is 296 Å². The third kappa shape index (κ3) is 3.93. The first-order valence-electron chi connectivity index (χ1n) is 17.7. The normalized spacial score (nSPS) is 13.3. The topological polar surface area (TPSA) is 19.0 Å². The van der Waals surface area contributed by atoms with E-state index in [1.807, 2.05) is 0 Å². The Bertz CT molecular complexity index is 2750. The molecule has 9 aromatic rings. The molecule has 2 heteroatoms. The van der Waals surface area contributed by atoms with Crippen LogP contribution in [0.15, 0.2) is 188 Å². The minimum atomic E-state index is -0.397. The summed E-state index contributed by atoms with van der Waals surface area (Å²) >= 11 is 0. The van der Waals surface area contributed by atoms with Crippen molar-refractivity contribution in [2.45, 2.75) is 5.41 Å². The highest BCUT2D eigenvalue weighted by Gasteiger charge is 2.51. The average molecular weight is 649 g/mol. The Balaban J connectivity index is 1.15. The van der Waals surface area contributed by atoms with E-state index in [9.17, 15) is 0 Å². The third-order valence-corrected chi connectivity index (χ3v) is 11.2. The zero-order valence-corrected chi connectivity index (χ0v) is 27.8. The summed E-state index contributed by atoms with van der Waals surface area (Å²) in [6, 6.07) is 69.2. The number of hydrogen-bond acceptors (Lipinski definition) is 1. The Hall–Kier alpha value is -6.64. The van der Waals surface area contributed by atoms with Crippen molar-refractivity contribution in [3.8, 4) is 33.4 Å². The number of nitrogens with zero attached hydrogens (tertiary/aromatic N) is 1. The van der Waals surface area contributed by atoms with Gasteiger partial charge in [0, 0.05) is 38.9 Å². The molecule has 0 bridgehead atoms. The molecule has 0 amide bonds. The summed E-state index contributed by atoms with van der Waals surface area (Å²) in [7, 11) is 0. The number of nitrogens with one attached hydrogen (secondary N) is 1. The maximum atomic E-state index is 3.68. The van der Waals surface area contributed by atoms with Crippen LogP contribution in [-0.4, -0.2) is 4.98 Å². The van der Waals surface area contributed by atoms with E-state index in [1.54, 1.807) is 0 Å². The van der Waals surface area contributed by atoms with Crippen molar-refractivity contribution in [2.24, 2.45) is 0 Å².